The van der Waals surface area contributed by atoms with Crippen LogP contribution >= 0.6 is 0 Å². The molecule has 12 heteroatoms. The van der Waals surface area contributed by atoms with Crippen LogP contribution in [0.5, 0.6) is 11.5 Å². The lowest BCUT2D eigenvalue weighted by Crippen LogP contribution is -2.49. The van der Waals surface area contributed by atoms with Gasteiger partial charge in [0.2, 0.25) is 5.91 Å². The second kappa shape index (κ2) is 12.3. The van der Waals surface area contributed by atoms with Gasteiger partial charge in [0, 0.05) is 18.5 Å². The van der Waals surface area contributed by atoms with Gasteiger partial charge in [-0.15, -0.1) is 0 Å². The summed E-state index contributed by atoms with van der Waals surface area (Å²) < 4.78 is 40.1. The first-order valence-corrected chi connectivity index (χ1v) is 13.7. The van der Waals surface area contributed by atoms with Gasteiger partial charge in [0.05, 0.1) is 26.5 Å². The predicted molar refractivity (Wildman–Crippen MR) is 152 cm³/mol. The van der Waals surface area contributed by atoms with Crippen LogP contribution < -0.4 is 19.5 Å². The number of hydrogen-bond acceptors (Lipinski definition) is 7. The third-order valence-corrected chi connectivity index (χ3v) is 7.67. The zero-order valence-electron chi connectivity index (χ0n) is 22.5. The number of methoxy groups -OCH3 is 2. The maximum atomic E-state index is 13.7. The molecule has 0 aliphatic carbocycles. The number of ether oxygens (including phenoxy) is 3. The number of nitrogen functional groups attached to an aromatic ring is 1. The quantitative estimate of drug-likeness (QED) is 0.138. The molecular weight excluding hydrogens is 536 g/mol. The highest BCUT2D eigenvalue weighted by molar-refractivity contribution is 7.80. The Morgan fingerprint density at radius 2 is 1.77 bits per heavy atom. The maximum Gasteiger partial charge on any atom is 0.329 e. The molecule has 11 nitrogen and oxygen atoms in total. The number of carbonyl (C=O) groups excluding carboxylic acids is 2. The Morgan fingerprint density at radius 3 is 2.35 bits per heavy atom. The smallest absolute Gasteiger partial charge is 0.329 e. The van der Waals surface area contributed by atoms with E-state index in [0.717, 1.165) is 20.6 Å². The molecule has 0 bridgehead atoms. The summed E-state index contributed by atoms with van der Waals surface area (Å²) in [6.45, 7) is 2.03. The second-order valence-corrected chi connectivity index (χ2v) is 10.1. The molecule has 1 amide bonds. The Labute approximate surface area is 234 Å². The lowest BCUT2D eigenvalue weighted by Gasteiger charge is -2.29. The third kappa shape index (κ3) is 5.87. The monoisotopic (exact) mass is 568 g/mol. The van der Waals surface area contributed by atoms with E-state index in [4.69, 9.17) is 25.4 Å². The maximum absolute atomic E-state index is 13.7. The average Bonchev–Trinajstić information content (AvgIpc) is 3.31. The lowest BCUT2D eigenvalue weighted by atomic mass is 10.0. The number of amidine groups is 1. The van der Waals surface area contributed by atoms with E-state index < -0.39 is 35.2 Å². The number of benzene rings is 3. The highest BCUT2D eigenvalue weighted by Gasteiger charge is 2.44. The van der Waals surface area contributed by atoms with Crippen molar-refractivity contribution >= 4 is 45.4 Å². The number of carbonyl (C=O) groups is 2. The summed E-state index contributed by atoms with van der Waals surface area (Å²) in [7, 11) is 3.06. The van der Waals surface area contributed by atoms with E-state index in [1.807, 2.05) is 0 Å². The van der Waals surface area contributed by atoms with Crippen LogP contribution in [-0.4, -0.2) is 70.8 Å². The molecule has 3 aromatic carbocycles. The Kier molecular flexibility index (Phi) is 8.90. The fraction of sp³-hybridized carbons (Fsp3) is 0.321. The molecule has 40 heavy (non-hydrogen) atoms. The molecule has 0 aromatic heterocycles. The van der Waals surface area contributed by atoms with E-state index in [9.17, 15) is 18.4 Å². The van der Waals surface area contributed by atoms with Gasteiger partial charge in [-0.1, -0.05) is 30.3 Å². The standard InChI is InChI=1S/C28H32N4O7S/c1-4-39-28(34)23(13-17-5-7-18(8-6-17)26(29)30)31-12-11-22(27(31)33)32(40(35)36)21-10-9-19-15-24(37-2)25(38-3)16-20(19)14-21/h5-10,14-16,22-23H,4,11-13H2,1-3H3,(H3,29,30)(H,35,36). The molecule has 3 aromatic rings. The summed E-state index contributed by atoms with van der Waals surface area (Å²) in [6, 6.07) is 13.6. The lowest BCUT2D eigenvalue weighted by molar-refractivity contribution is -0.153. The summed E-state index contributed by atoms with van der Waals surface area (Å²) in [5.74, 6) is -0.0355. The molecule has 4 rings (SSSR count). The fourth-order valence-corrected chi connectivity index (χ4v) is 5.60. The summed E-state index contributed by atoms with van der Waals surface area (Å²) in [5.41, 5.74) is 7.20. The van der Waals surface area contributed by atoms with Crippen LogP contribution in [0.15, 0.2) is 54.6 Å². The second-order valence-electron chi connectivity index (χ2n) is 9.21. The minimum Gasteiger partial charge on any atom is -0.493 e. The molecule has 1 heterocycles. The molecule has 0 saturated carbocycles. The van der Waals surface area contributed by atoms with Crippen LogP contribution in [0.1, 0.15) is 24.5 Å². The van der Waals surface area contributed by atoms with Crippen LogP contribution in [0, 0.1) is 5.41 Å². The highest BCUT2D eigenvalue weighted by atomic mass is 32.2. The van der Waals surface area contributed by atoms with Crippen LogP contribution in [-0.2, 0) is 32.0 Å². The third-order valence-electron chi connectivity index (χ3n) is 6.87. The summed E-state index contributed by atoms with van der Waals surface area (Å²) >= 11 is -2.53. The number of likely N-dealkylation sites (tertiary alicyclic amines) is 1. The summed E-state index contributed by atoms with van der Waals surface area (Å²) in [4.78, 5) is 28.1. The first-order valence-electron chi connectivity index (χ1n) is 12.6. The molecule has 0 spiro atoms. The molecule has 3 unspecified atom stereocenters. The minimum absolute atomic E-state index is 0.0746. The number of fused-ring (bicyclic) bond motifs is 1. The van der Waals surface area contributed by atoms with Crippen molar-refractivity contribution in [2.45, 2.75) is 31.8 Å². The van der Waals surface area contributed by atoms with Crippen LogP contribution in [0.2, 0.25) is 0 Å². The highest BCUT2D eigenvalue weighted by Crippen LogP contribution is 2.35. The van der Waals surface area contributed by atoms with Gasteiger partial charge in [0.25, 0.3) is 11.3 Å². The van der Waals surface area contributed by atoms with Gasteiger partial charge in [0.1, 0.15) is 17.9 Å². The predicted octanol–water partition coefficient (Wildman–Crippen LogP) is 2.86. The van der Waals surface area contributed by atoms with E-state index in [-0.39, 0.29) is 31.8 Å². The van der Waals surface area contributed by atoms with E-state index in [1.165, 1.54) is 19.1 Å². The number of hydrogen-bond donors (Lipinski definition) is 3. The van der Waals surface area contributed by atoms with Crippen LogP contribution in [0.4, 0.5) is 5.69 Å². The Balaban J connectivity index is 1.63. The summed E-state index contributed by atoms with van der Waals surface area (Å²) in [5, 5.41) is 9.12. The van der Waals surface area contributed by atoms with Crippen molar-refractivity contribution in [1.29, 1.82) is 5.41 Å². The van der Waals surface area contributed by atoms with E-state index in [1.54, 1.807) is 61.5 Å². The van der Waals surface area contributed by atoms with Crippen molar-refractivity contribution in [2.24, 2.45) is 5.73 Å². The van der Waals surface area contributed by atoms with Crippen molar-refractivity contribution in [3.05, 3.63) is 65.7 Å². The van der Waals surface area contributed by atoms with Crippen molar-refractivity contribution in [3.8, 4) is 11.5 Å². The molecule has 1 aliphatic heterocycles. The van der Waals surface area contributed by atoms with Gasteiger partial charge >= 0.3 is 5.97 Å². The van der Waals surface area contributed by atoms with Crippen LogP contribution in [0.25, 0.3) is 10.8 Å². The van der Waals surface area contributed by atoms with Gasteiger partial charge < -0.3 is 24.8 Å². The van der Waals surface area contributed by atoms with Crippen molar-refractivity contribution in [3.63, 3.8) is 0 Å². The normalized spacial score (nSPS) is 16.4. The largest absolute Gasteiger partial charge is 0.493 e. The Bertz CT molecular complexity index is 1450. The zero-order chi connectivity index (χ0) is 29.0. The number of nitrogens with zero attached hydrogens (tertiary/aromatic N) is 2. The molecule has 0 radical (unpaired) electrons. The van der Waals surface area contributed by atoms with Crippen LogP contribution in [0.3, 0.4) is 0 Å². The number of nitrogens with two attached hydrogens (primary N) is 1. The molecule has 212 valence electrons. The van der Waals surface area contributed by atoms with Crippen molar-refractivity contribution in [1.82, 2.24) is 4.90 Å². The molecule has 3 atom stereocenters. The molecule has 1 aliphatic rings. The number of esters is 1. The molecule has 1 fully saturated rings. The van der Waals surface area contributed by atoms with E-state index in [0.29, 0.717) is 22.7 Å². The van der Waals surface area contributed by atoms with Gasteiger partial charge in [-0.05, 0) is 53.9 Å². The first-order chi connectivity index (χ1) is 19.2. The number of amides is 1. The van der Waals surface area contributed by atoms with Gasteiger partial charge in [-0.25, -0.2) is 9.00 Å². The molecular formula is C28H32N4O7S. The molecule has 4 N–H and O–H groups in total. The Hall–Kier alpha value is -4.16. The minimum atomic E-state index is -2.53. The SMILES string of the molecule is CCOC(=O)C(Cc1ccc(C(=N)N)cc1)N1CCC(N(c2ccc3cc(OC)c(OC)cc3c2)S(=O)O)C1=O. The Morgan fingerprint density at radius 1 is 1.12 bits per heavy atom. The zero-order valence-corrected chi connectivity index (χ0v) is 23.3. The van der Waals surface area contributed by atoms with E-state index in [2.05, 4.69) is 0 Å². The van der Waals surface area contributed by atoms with Gasteiger partial charge in [-0.3, -0.25) is 19.1 Å². The van der Waals surface area contributed by atoms with Crippen molar-refractivity contribution < 1.29 is 32.6 Å². The molecule has 1 saturated heterocycles. The average molecular weight is 569 g/mol. The topological polar surface area (TPSA) is 155 Å². The first kappa shape index (κ1) is 28.8. The van der Waals surface area contributed by atoms with Gasteiger partial charge in [0.15, 0.2) is 11.5 Å². The fourth-order valence-electron chi connectivity index (χ4n) is 4.89. The van der Waals surface area contributed by atoms with E-state index >= 15 is 0 Å². The van der Waals surface area contributed by atoms with Gasteiger partial charge in [-0.2, -0.15) is 0 Å². The number of rotatable bonds is 11. The summed E-state index contributed by atoms with van der Waals surface area (Å²) in [6.07, 6.45) is 0.406. The number of anilines is 1. The van der Waals surface area contributed by atoms with Crippen molar-refractivity contribution in [2.75, 3.05) is 31.7 Å². The number of nitrogens with one attached hydrogen (secondary N) is 1.